The maximum absolute atomic E-state index is 5.82. The van der Waals surface area contributed by atoms with E-state index in [1.54, 1.807) is 0 Å². The third-order valence-electron chi connectivity index (χ3n) is 4.23. The first-order chi connectivity index (χ1) is 8.06. The van der Waals surface area contributed by atoms with Crippen molar-refractivity contribution in [3.8, 4) is 0 Å². The van der Waals surface area contributed by atoms with Gasteiger partial charge in [-0.3, -0.25) is 0 Å². The van der Waals surface area contributed by atoms with Crippen LogP contribution in [0.2, 0.25) is 0 Å². The molecule has 0 amide bonds. The van der Waals surface area contributed by atoms with E-state index < -0.39 is 0 Å². The Bertz CT molecular complexity index is 195. The highest BCUT2D eigenvalue weighted by Gasteiger charge is 2.27. The summed E-state index contributed by atoms with van der Waals surface area (Å²) in [5.41, 5.74) is 6.40. The molecule has 1 aliphatic rings. The molecule has 1 unspecified atom stereocenters. The standard InChI is InChI=1S/C15H32N2/c1-13(2)10-14(11-16)6-9-17-12-15(3)7-4-5-8-15/h13-14,17H,4-12,16H2,1-3H3. The predicted molar refractivity (Wildman–Crippen MR) is 76.1 cm³/mol. The molecular weight excluding hydrogens is 208 g/mol. The molecule has 102 valence electrons. The Kier molecular flexibility index (Phi) is 6.50. The molecule has 2 heteroatoms. The van der Waals surface area contributed by atoms with Gasteiger partial charge in [-0.1, -0.05) is 33.6 Å². The Morgan fingerprint density at radius 3 is 2.41 bits per heavy atom. The number of hydrogen-bond donors (Lipinski definition) is 2. The van der Waals surface area contributed by atoms with Crippen LogP contribution in [0.3, 0.4) is 0 Å². The normalized spacial score (nSPS) is 21.0. The van der Waals surface area contributed by atoms with Crippen molar-refractivity contribution in [1.29, 1.82) is 0 Å². The zero-order chi connectivity index (χ0) is 12.7. The van der Waals surface area contributed by atoms with E-state index in [-0.39, 0.29) is 0 Å². The van der Waals surface area contributed by atoms with Gasteiger partial charge in [-0.2, -0.15) is 0 Å². The van der Waals surface area contributed by atoms with Crippen molar-refractivity contribution in [2.45, 2.75) is 59.3 Å². The van der Waals surface area contributed by atoms with Crippen molar-refractivity contribution < 1.29 is 0 Å². The number of nitrogens with one attached hydrogen (secondary N) is 1. The third-order valence-corrected chi connectivity index (χ3v) is 4.23. The van der Waals surface area contributed by atoms with Gasteiger partial charge in [0.05, 0.1) is 0 Å². The fraction of sp³-hybridized carbons (Fsp3) is 1.00. The Balaban J connectivity index is 2.09. The minimum Gasteiger partial charge on any atom is -0.330 e. The molecule has 17 heavy (non-hydrogen) atoms. The number of nitrogens with two attached hydrogens (primary N) is 1. The summed E-state index contributed by atoms with van der Waals surface area (Å²) in [5, 5.41) is 3.65. The Labute approximate surface area is 108 Å². The van der Waals surface area contributed by atoms with E-state index in [1.807, 2.05) is 0 Å². The first-order valence-corrected chi connectivity index (χ1v) is 7.46. The highest BCUT2D eigenvalue weighted by atomic mass is 14.9. The maximum Gasteiger partial charge on any atom is 0.000516 e. The molecule has 0 saturated heterocycles. The Morgan fingerprint density at radius 1 is 1.24 bits per heavy atom. The lowest BCUT2D eigenvalue weighted by atomic mass is 9.88. The van der Waals surface area contributed by atoms with Crippen molar-refractivity contribution >= 4 is 0 Å². The monoisotopic (exact) mass is 240 g/mol. The SMILES string of the molecule is CC(C)CC(CN)CCNCC1(C)CCCC1. The molecule has 1 fully saturated rings. The summed E-state index contributed by atoms with van der Waals surface area (Å²) in [4.78, 5) is 0. The van der Waals surface area contributed by atoms with E-state index in [2.05, 4.69) is 26.1 Å². The quantitative estimate of drug-likeness (QED) is 0.640. The first-order valence-electron chi connectivity index (χ1n) is 7.46. The van der Waals surface area contributed by atoms with Crippen LogP contribution in [0.1, 0.15) is 59.3 Å². The lowest BCUT2D eigenvalue weighted by molar-refractivity contribution is 0.304. The molecule has 0 bridgehead atoms. The van der Waals surface area contributed by atoms with Gasteiger partial charge in [-0.15, -0.1) is 0 Å². The van der Waals surface area contributed by atoms with Crippen molar-refractivity contribution in [3.05, 3.63) is 0 Å². The lowest BCUT2D eigenvalue weighted by Gasteiger charge is -2.24. The molecule has 0 heterocycles. The van der Waals surface area contributed by atoms with Crippen LogP contribution in [0.4, 0.5) is 0 Å². The fourth-order valence-electron chi connectivity index (χ4n) is 3.10. The van der Waals surface area contributed by atoms with E-state index in [0.29, 0.717) is 11.3 Å². The maximum atomic E-state index is 5.82. The van der Waals surface area contributed by atoms with Gasteiger partial charge in [0, 0.05) is 6.54 Å². The van der Waals surface area contributed by atoms with E-state index in [4.69, 9.17) is 5.73 Å². The van der Waals surface area contributed by atoms with E-state index in [9.17, 15) is 0 Å². The van der Waals surface area contributed by atoms with Crippen LogP contribution in [-0.2, 0) is 0 Å². The number of hydrogen-bond acceptors (Lipinski definition) is 2. The predicted octanol–water partition coefficient (Wildman–Crippen LogP) is 3.17. The summed E-state index contributed by atoms with van der Waals surface area (Å²) in [5.74, 6) is 1.48. The zero-order valence-corrected chi connectivity index (χ0v) is 12.1. The zero-order valence-electron chi connectivity index (χ0n) is 12.1. The molecule has 1 atom stereocenters. The summed E-state index contributed by atoms with van der Waals surface area (Å²) >= 11 is 0. The summed E-state index contributed by atoms with van der Waals surface area (Å²) in [6.45, 7) is 10.2. The third kappa shape index (κ3) is 5.87. The molecule has 0 aliphatic heterocycles. The second kappa shape index (κ2) is 7.38. The first kappa shape index (κ1) is 15.0. The van der Waals surface area contributed by atoms with E-state index >= 15 is 0 Å². The van der Waals surface area contributed by atoms with Gasteiger partial charge >= 0.3 is 0 Å². The Morgan fingerprint density at radius 2 is 1.88 bits per heavy atom. The summed E-state index contributed by atoms with van der Waals surface area (Å²) in [7, 11) is 0. The largest absolute Gasteiger partial charge is 0.330 e. The molecule has 0 aromatic rings. The van der Waals surface area contributed by atoms with Gasteiger partial charge in [0.1, 0.15) is 0 Å². The van der Waals surface area contributed by atoms with Crippen LogP contribution in [0.25, 0.3) is 0 Å². The van der Waals surface area contributed by atoms with Crippen molar-refractivity contribution in [2.24, 2.45) is 23.0 Å². The molecule has 0 aromatic heterocycles. The second-order valence-electron chi connectivity index (χ2n) is 6.71. The molecular formula is C15H32N2. The molecule has 1 saturated carbocycles. The summed E-state index contributed by atoms with van der Waals surface area (Å²) in [6.07, 6.45) is 8.19. The van der Waals surface area contributed by atoms with Gasteiger partial charge in [0.25, 0.3) is 0 Å². The molecule has 1 aliphatic carbocycles. The summed E-state index contributed by atoms with van der Waals surface area (Å²) < 4.78 is 0. The minimum atomic E-state index is 0.580. The smallest absolute Gasteiger partial charge is 0.000516 e. The molecule has 1 rings (SSSR count). The van der Waals surface area contributed by atoms with Crippen LogP contribution < -0.4 is 11.1 Å². The van der Waals surface area contributed by atoms with Gasteiger partial charge in [-0.05, 0) is 56.0 Å². The van der Waals surface area contributed by atoms with Gasteiger partial charge in [0.15, 0.2) is 0 Å². The summed E-state index contributed by atoms with van der Waals surface area (Å²) in [6, 6.07) is 0. The van der Waals surface area contributed by atoms with Crippen molar-refractivity contribution in [1.82, 2.24) is 5.32 Å². The Hall–Kier alpha value is -0.0800. The average molecular weight is 240 g/mol. The minimum absolute atomic E-state index is 0.580. The molecule has 2 nitrogen and oxygen atoms in total. The van der Waals surface area contributed by atoms with Gasteiger partial charge in [-0.25, -0.2) is 0 Å². The topological polar surface area (TPSA) is 38.0 Å². The number of rotatable bonds is 8. The van der Waals surface area contributed by atoms with Crippen LogP contribution in [0.15, 0.2) is 0 Å². The average Bonchev–Trinajstić information content (AvgIpc) is 2.69. The van der Waals surface area contributed by atoms with Crippen LogP contribution in [-0.4, -0.2) is 19.6 Å². The molecule has 3 N–H and O–H groups in total. The van der Waals surface area contributed by atoms with E-state index in [0.717, 1.165) is 19.0 Å². The molecule has 0 aromatic carbocycles. The molecule has 0 radical (unpaired) electrons. The van der Waals surface area contributed by atoms with Crippen molar-refractivity contribution in [2.75, 3.05) is 19.6 Å². The van der Waals surface area contributed by atoms with Gasteiger partial charge in [0.2, 0.25) is 0 Å². The fourth-order valence-corrected chi connectivity index (χ4v) is 3.10. The van der Waals surface area contributed by atoms with Gasteiger partial charge < -0.3 is 11.1 Å². The van der Waals surface area contributed by atoms with Crippen LogP contribution >= 0.6 is 0 Å². The van der Waals surface area contributed by atoms with Crippen LogP contribution in [0.5, 0.6) is 0 Å². The lowest BCUT2D eigenvalue weighted by Crippen LogP contribution is -2.31. The van der Waals surface area contributed by atoms with Crippen molar-refractivity contribution in [3.63, 3.8) is 0 Å². The van der Waals surface area contributed by atoms with Crippen LogP contribution in [0, 0.1) is 17.3 Å². The highest BCUT2D eigenvalue weighted by Crippen LogP contribution is 2.36. The molecule has 0 spiro atoms. The second-order valence-corrected chi connectivity index (χ2v) is 6.71. The van der Waals surface area contributed by atoms with E-state index in [1.165, 1.54) is 45.1 Å². The highest BCUT2D eigenvalue weighted by molar-refractivity contribution is 4.82.